The quantitative estimate of drug-likeness (QED) is 0.744. The molecule has 1 aliphatic heterocycles. The van der Waals surface area contributed by atoms with E-state index in [-0.39, 0.29) is 23.1 Å². The van der Waals surface area contributed by atoms with E-state index in [1.165, 1.54) is 16.3 Å². The minimum Gasteiger partial charge on any atom is -0.494 e. The van der Waals surface area contributed by atoms with Gasteiger partial charge in [-0.15, -0.1) is 11.3 Å². The number of nitrogens with one attached hydrogen (secondary N) is 1. The molecule has 158 valence electrons. The Balaban J connectivity index is 1.78. The first-order valence-corrected chi connectivity index (χ1v) is 11.0. The minimum atomic E-state index is -0.571. The lowest BCUT2D eigenvalue weighted by molar-refractivity contribution is -0.116. The zero-order valence-electron chi connectivity index (χ0n) is 17.1. The molecule has 7 nitrogen and oxygen atoms in total. The highest BCUT2D eigenvalue weighted by atomic mass is 32.1. The standard InChI is InChI=1S/C23H22N4O3S/c1-2-30-15-10-8-14(9-11-15)20-16(13-24)22(25)27(17-5-3-6-18(28)21(17)20)26-23(29)19-7-4-12-31-19/h4,7-12,20H,2-3,5-6,25H2,1H3,(H,26,29). The van der Waals surface area contributed by atoms with Crippen LogP contribution in [0.4, 0.5) is 0 Å². The first-order valence-electron chi connectivity index (χ1n) is 10.1. The average Bonchev–Trinajstić information content (AvgIpc) is 3.31. The molecule has 2 aromatic rings. The predicted molar refractivity (Wildman–Crippen MR) is 117 cm³/mol. The SMILES string of the molecule is CCOc1ccc(C2C(C#N)=C(N)N(NC(=O)c3cccs3)C3=C2C(=O)CCC3)cc1. The number of hydrazine groups is 1. The van der Waals surface area contributed by atoms with Gasteiger partial charge in [0.05, 0.1) is 29.0 Å². The van der Waals surface area contributed by atoms with Crippen LogP contribution in [0.3, 0.4) is 0 Å². The molecule has 1 amide bonds. The summed E-state index contributed by atoms with van der Waals surface area (Å²) in [5.41, 5.74) is 11.4. The number of nitrogens with zero attached hydrogens (tertiary/aromatic N) is 2. The van der Waals surface area contributed by atoms with Crippen molar-refractivity contribution in [2.75, 3.05) is 6.61 Å². The summed E-state index contributed by atoms with van der Waals surface area (Å²) >= 11 is 1.30. The molecule has 8 heteroatoms. The highest BCUT2D eigenvalue weighted by molar-refractivity contribution is 7.12. The summed E-state index contributed by atoms with van der Waals surface area (Å²) in [6, 6.07) is 13.0. The van der Waals surface area contributed by atoms with E-state index in [1.54, 1.807) is 12.1 Å². The van der Waals surface area contributed by atoms with Crippen molar-refractivity contribution < 1.29 is 14.3 Å². The van der Waals surface area contributed by atoms with Gasteiger partial charge in [-0.3, -0.25) is 15.0 Å². The summed E-state index contributed by atoms with van der Waals surface area (Å²) < 4.78 is 5.51. The van der Waals surface area contributed by atoms with Gasteiger partial charge in [-0.05, 0) is 48.9 Å². The number of amides is 1. The van der Waals surface area contributed by atoms with E-state index < -0.39 is 5.92 Å². The molecule has 0 fully saturated rings. The maximum absolute atomic E-state index is 13.0. The number of allylic oxidation sites excluding steroid dienone is 3. The first-order chi connectivity index (χ1) is 15.0. The second kappa shape index (κ2) is 8.66. The molecule has 0 saturated carbocycles. The molecular formula is C23H22N4O3S. The van der Waals surface area contributed by atoms with Crippen molar-refractivity contribution in [1.82, 2.24) is 10.4 Å². The molecule has 1 unspecified atom stereocenters. The van der Waals surface area contributed by atoms with Crippen LogP contribution in [-0.2, 0) is 4.79 Å². The van der Waals surface area contributed by atoms with E-state index in [1.807, 2.05) is 36.6 Å². The third-order valence-electron chi connectivity index (χ3n) is 5.40. The van der Waals surface area contributed by atoms with E-state index in [0.29, 0.717) is 47.8 Å². The van der Waals surface area contributed by atoms with Crippen LogP contribution in [0.1, 0.15) is 47.3 Å². The smallest absolute Gasteiger partial charge is 0.280 e. The molecule has 1 aromatic carbocycles. The molecular weight excluding hydrogens is 412 g/mol. The van der Waals surface area contributed by atoms with Crippen molar-refractivity contribution in [3.8, 4) is 11.8 Å². The fourth-order valence-corrected chi connectivity index (χ4v) is 4.65. The normalized spacial score (nSPS) is 18.5. The van der Waals surface area contributed by atoms with Crippen molar-refractivity contribution in [3.63, 3.8) is 0 Å². The fourth-order valence-electron chi connectivity index (χ4n) is 4.04. The Labute approximate surface area is 184 Å². The highest BCUT2D eigenvalue weighted by Gasteiger charge is 2.40. The van der Waals surface area contributed by atoms with Crippen molar-refractivity contribution in [2.24, 2.45) is 5.73 Å². The number of carbonyl (C=O) groups excluding carboxylic acids is 2. The predicted octanol–water partition coefficient (Wildman–Crippen LogP) is 3.59. The van der Waals surface area contributed by atoms with Gasteiger partial charge in [-0.25, -0.2) is 5.01 Å². The van der Waals surface area contributed by atoms with Gasteiger partial charge in [0.15, 0.2) is 5.78 Å². The zero-order chi connectivity index (χ0) is 22.0. The average molecular weight is 435 g/mol. The highest BCUT2D eigenvalue weighted by Crippen LogP contribution is 2.44. The van der Waals surface area contributed by atoms with Crippen LogP contribution in [0.15, 0.2) is 64.4 Å². The molecule has 3 N–H and O–H groups in total. The monoisotopic (exact) mass is 434 g/mol. The maximum Gasteiger partial charge on any atom is 0.280 e. The van der Waals surface area contributed by atoms with Crippen molar-refractivity contribution in [2.45, 2.75) is 32.1 Å². The number of nitriles is 1. The molecule has 0 spiro atoms. The van der Waals surface area contributed by atoms with Crippen LogP contribution < -0.4 is 15.9 Å². The number of Topliss-reactive ketones (excluding diaryl/α,β-unsaturated/α-hetero) is 1. The fraction of sp³-hybridized carbons (Fsp3) is 0.261. The second-order valence-electron chi connectivity index (χ2n) is 7.24. The molecule has 2 aliphatic rings. The summed E-state index contributed by atoms with van der Waals surface area (Å²) in [7, 11) is 0. The number of ether oxygens (including phenoxy) is 1. The molecule has 31 heavy (non-hydrogen) atoms. The summed E-state index contributed by atoms with van der Waals surface area (Å²) in [5.74, 6) is -0.0833. The van der Waals surface area contributed by atoms with Gasteiger partial charge < -0.3 is 10.5 Å². The van der Waals surface area contributed by atoms with E-state index in [0.717, 1.165) is 5.56 Å². The Morgan fingerprint density at radius 3 is 2.74 bits per heavy atom. The lowest BCUT2D eigenvalue weighted by atomic mass is 9.76. The number of hydrogen-bond donors (Lipinski definition) is 2. The first kappa shape index (κ1) is 20.7. The molecule has 4 rings (SSSR count). The summed E-state index contributed by atoms with van der Waals surface area (Å²) in [6.45, 7) is 2.45. The molecule has 0 saturated heterocycles. The number of rotatable bonds is 5. The van der Waals surface area contributed by atoms with Crippen LogP contribution in [0.2, 0.25) is 0 Å². The van der Waals surface area contributed by atoms with Gasteiger partial charge in [0.25, 0.3) is 5.91 Å². The molecule has 2 heterocycles. The Morgan fingerprint density at radius 1 is 1.32 bits per heavy atom. The van der Waals surface area contributed by atoms with Crippen LogP contribution in [0.25, 0.3) is 0 Å². The van der Waals surface area contributed by atoms with Gasteiger partial charge in [-0.2, -0.15) is 5.26 Å². The van der Waals surface area contributed by atoms with Crippen LogP contribution in [-0.4, -0.2) is 23.3 Å². The number of nitrogens with two attached hydrogens (primary N) is 1. The molecule has 1 atom stereocenters. The number of thiophene rings is 1. The Hall–Kier alpha value is -3.57. The third kappa shape index (κ3) is 3.80. The number of carbonyl (C=O) groups is 2. The van der Waals surface area contributed by atoms with Crippen LogP contribution >= 0.6 is 11.3 Å². The molecule has 1 aromatic heterocycles. The van der Waals surface area contributed by atoms with Crippen LogP contribution in [0, 0.1) is 11.3 Å². The lowest BCUT2D eigenvalue weighted by Gasteiger charge is -2.39. The Kier molecular flexibility index (Phi) is 5.78. The van der Waals surface area contributed by atoms with E-state index in [4.69, 9.17) is 10.5 Å². The Morgan fingerprint density at radius 2 is 2.10 bits per heavy atom. The largest absolute Gasteiger partial charge is 0.494 e. The number of benzene rings is 1. The van der Waals surface area contributed by atoms with Crippen LogP contribution in [0.5, 0.6) is 5.75 Å². The zero-order valence-corrected chi connectivity index (χ0v) is 17.9. The minimum absolute atomic E-state index is 0.0317. The van der Waals surface area contributed by atoms with Gasteiger partial charge in [0.1, 0.15) is 11.6 Å². The van der Waals surface area contributed by atoms with Gasteiger partial charge in [-0.1, -0.05) is 18.2 Å². The van der Waals surface area contributed by atoms with Crippen molar-refractivity contribution in [3.05, 3.63) is 74.9 Å². The van der Waals surface area contributed by atoms with Crippen molar-refractivity contribution in [1.29, 1.82) is 5.26 Å². The van der Waals surface area contributed by atoms with E-state index in [2.05, 4.69) is 11.5 Å². The summed E-state index contributed by atoms with van der Waals surface area (Å²) in [5, 5.41) is 13.2. The van der Waals surface area contributed by atoms with Crippen molar-refractivity contribution >= 4 is 23.0 Å². The van der Waals surface area contributed by atoms with E-state index >= 15 is 0 Å². The lowest BCUT2D eigenvalue weighted by Crippen LogP contribution is -2.48. The molecule has 0 radical (unpaired) electrons. The second-order valence-corrected chi connectivity index (χ2v) is 8.18. The maximum atomic E-state index is 13.0. The summed E-state index contributed by atoms with van der Waals surface area (Å²) in [6.07, 6.45) is 1.64. The summed E-state index contributed by atoms with van der Waals surface area (Å²) in [4.78, 5) is 26.2. The third-order valence-corrected chi connectivity index (χ3v) is 6.26. The topological polar surface area (TPSA) is 108 Å². The van der Waals surface area contributed by atoms with E-state index in [9.17, 15) is 14.9 Å². The number of ketones is 1. The molecule has 0 bridgehead atoms. The van der Waals surface area contributed by atoms with Gasteiger partial charge in [0, 0.05) is 17.7 Å². The number of hydrogen-bond acceptors (Lipinski definition) is 7. The van der Waals surface area contributed by atoms with Gasteiger partial charge in [0.2, 0.25) is 0 Å². The Bertz CT molecular complexity index is 1110. The molecule has 1 aliphatic carbocycles. The van der Waals surface area contributed by atoms with Gasteiger partial charge >= 0.3 is 0 Å².